The summed E-state index contributed by atoms with van der Waals surface area (Å²) in [5.41, 5.74) is 1.98. The number of rotatable bonds is 7. The van der Waals surface area contributed by atoms with Crippen molar-refractivity contribution in [3.63, 3.8) is 0 Å². The number of benzene rings is 1. The van der Waals surface area contributed by atoms with E-state index >= 15 is 0 Å². The first-order chi connectivity index (χ1) is 12.9. The van der Waals surface area contributed by atoms with Gasteiger partial charge in [-0.05, 0) is 43.9 Å². The summed E-state index contributed by atoms with van der Waals surface area (Å²) in [5, 5.41) is 6.72. The van der Waals surface area contributed by atoms with Crippen LogP contribution in [0.1, 0.15) is 43.7 Å². The zero-order valence-electron chi connectivity index (χ0n) is 17.8. The molecule has 0 atom stereocenters. The van der Waals surface area contributed by atoms with Gasteiger partial charge in [0.2, 0.25) is 5.91 Å². The molecule has 1 aliphatic carbocycles. The summed E-state index contributed by atoms with van der Waals surface area (Å²) in [6, 6.07) is 6.20. The van der Waals surface area contributed by atoms with E-state index in [1.807, 2.05) is 27.1 Å². The number of carbonyl (C=O) groups is 1. The monoisotopic (exact) mass is 502 g/mol. The van der Waals surface area contributed by atoms with E-state index in [-0.39, 0.29) is 35.3 Å². The summed E-state index contributed by atoms with van der Waals surface area (Å²) >= 11 is 0. The Morgan fingerprint density at radius 2 is 1.93 bits per heavy atom. The number of aryl methyl sites for hydroxylation is 1. The van der Waals surface area contributed by atoms with Crippen LogP contribution >= 0.6 is 24.0 Å². The minimum atomic E-state index is -0.309. The van der Waals surface area contributed by atoms with E-state index in [0.29, 0.717) is 19.7 Å². The molecule has 2 N–H and O–H groups in total. The Kier molecular flexibility index (Phi) is 10.1. The van der Waals surface area contributed by atoms with Crippen molar-refractivity contribution in [3.05, 3.63) is 29.3 Å². The molecule has 7 heteroatoms. The van der Waals surface area contributed by atoms with Gasteiger partial charge in [0.05, 0.1) is 12.0 Å². The number of nitrogens with zero attached hydrogens (tertiary/aromatic N) is 2. The Labute approximate surface area is 186 Å². The molecular weight excluding hydrogens is 467 g/mol. The average molecular weight is 502 g/mol. The van der Waals surface area contributed by atoms with Gasteiger partial charge in [-0.3, -0.25) is 9.79 Å². The zero-order valence-corrected chi connectivity index (χ0v) is 20.1. The van der Waals surface area contributed by atoms with E-state index in [1.165, 1.54) is 5.56 Å². The van der Waals surface area contributed by atoms with Gasteiger partial charge in [-0.15, -0.1) is 24.0 Å². The topological polar surface area (TPSA) is 66.0 Å². The number of amides is 1. The van der Waals surface area contributed by atoms with Gasteiger partial charge in [0, 0.05) is 34.2 Å². The molecule has 1 saturated carbocycles. The highest BCUT2D eigenvalue weighted by Crippen LogP contribution is 2.38. The van der Waals surface area contributed by atoms with Crippen molar-refractivity contribution in [1.29, 1.82) is 0 Å². The van der Waals surface area contributed by atoms with Crippen molar-refractivity contribution >= 4 is 35.8 Å². The van der Waals surface area contributed by atoms with E-state index < -0.39 is 0 Å². The molecule has 0 unspecified atom stereocenters. The number of nitrogens with one attached hydrogen (secondary N) is 2. The number of hydrogen-bond acceptors (Lipinski definition) is 3. The van der Waals surface area contributed by atoms with Crippen molar-refractivity contribution < 1.29 is 9.53 Å². The van der Waals surface area contributed by atoms with Gasteiger partial charge < -0.3 is 20.3 Å². The third-order valence-electron chi connectivity index (χ3n) is 5.24. The van der Waals surface area contributed by atoms with E-state index in [0.717, 1.165) is 43.0 Å². The van der Waals surface area contributed by atoms with Crippen LogP contribution in [0.15, 0.2) is 23.2 Å². The van der Waals surface area contributed by atoms with Crippen LogP contribution in [0.3, 0.4) is 0 Å². The van der Waals surface area contributed by atoms with Gasteiger partial charge in [-0.2, -0.15) is 0 Å². The quantitative estimate of drug-likeness (QED) is 0.341. The molecule has 1 aromatic carbocycles. The summed E-state index contributed by atoms with van der Waals surface area (Å²) in [5.74, 6) is 1.86. The molecule has 1 fully saturated rings. The van der Waals surface area contributed by atoms with Gasteiger partial charge in [-0.1, -0.05) is 25.0 Å². The smallest absolute Gasteiger partial charge is 0.230 e. The van der Waals surface area contributed by atoms with Crippen LogP contribution < -0.4 is 15.4 Å². The summed E-state index contributed by atoms with van der Waals surface area (Å²) in [4.78, 5) is 18.7. The first kappa shape index (κ1) is 24.5. The molecule has 0 bridgehead atoms. The molecule has 2 rings (SSSR count). The molecule has 1 aromatic rings. The third-order valence-corrected chi connectivity index (χ3v) is 5.24. The molecule has 6 nitrogen and oxygen atoms in total. The molecule has 0 aliphatic heterocycles. The van der Waals surface area contributed by atoms with Crippen LogP contribution in [-0.2, 0) is 11.3 Å². The Hall–Kier alpha value is -1.51. The van der Waals surface area contributed by atoms with Crippen LogP contribution in [-0.4, -0.2) is 51.1 Å². The van der Waals surface area contributed by atoms with Gasteiger partial charge in [0.1, 0.15) is 5.75 Å². The van der Waals surface area contributed by atoms with Gasteiger partial charge in [0.15, 0.2) is 5.96 Å². The van der Waals surface area contributed by atoms with Crippen LogP contribution in [0.2, 0.25) is 0 Å². The highest BCUT2D eigenvalue weighted by Gasteiger charge is 2.42. The maximum Gasteiger partial charge on any atom is 0.230 e. The van der Waals surface area contributed by atoms with E-state index in [4.69, 9.17) is 4.74 Å². The molecule has 0 radical (unpaired) electrons. The van der Waals surface area contributed by atoms with Crippen molar-refractivity contribution in [2.24, 2.45) is 10.4 Å². The maximum absolute atomic E-state index is 12.7. The minimum absolute atomic E-state index is 0. The fraction of sp³-hybridized carbons (Fsp3) is 0.619. The fourth-order valence-electron chi connectivity index (χ4n) is 3.79. The summed E-state index contributed by atoms with van der Waals surface area (Å²) < 4.78 is 5.59. The molecule has 0 aromatic heterocycles. The fourth-order valence-corrected chi connectivity index (χ4v) is 3.79. The lowest BCUT2D eigenvalue weighted by Gasteiger charge is -2.31. The molecule has 1 amide bonds. The van der Waals surface area contributed by atoms with Crippen molar-refractivity contribution in [2.45, 2.75) is 46.1 Å². The normalized spacial score (nSPS) is 15.5. The Morgan fingerprint density at radius 3 is 2.46 bits per heavy atom. The van der Waals surface area contributed by atoms with Gasteiger partial charge >= 0.3 is 0 Å². The van der Waals surface area contributed by atoms with Crippen LogP contribution in [0.25, 0.3) is 0 Å². The highest BCUT2D eigenvalue weighted by molar-refractivity contribution is 14.0. The van der Waals surface area contributed by atoms with Crippen LogP contribution in [0, 0.1) is 12.3 Å². The first-order valence-corrected chi connectivity index (χ1v) is 9.80. The van der Waals surface area contributed by atoms with E-state index in [9.17, 15) is 4.79 Å². The van der Waals surface area contributed by atoms with Crippen molar-refractivity contribution in [2.75, 3.05) is 34.3 Å². The second-order valence-corrected chi connectivity index (χ2v) is 7.50. The number of aliphatic imine (C=N–C) groups is 1. The number of hydrogen-bond donors (Lipinski definition) is 2. The number of halogens is 1. The molecule has 28 heavy (non-hydrogen) atoms. The number of guanidine groups is 1. The van der Waals surface area contributed by atoms with E-state index in [1.54, 1.807) is 11.9 Å². The zero-order chi connectivity index (χ0) is 19.9. The lowest BCUT2D eigenvalue weighted by Crippen LogP contribution is -2.49. The SMILES string of the molecule is CCOc1ccc(CNC(=NC)NCC2(C(=O)N(C)C)CCCC2)cc1C.I. The van der Waals surface area contributed by atoms with Crippen molar-refractivity contribution in [1.82, 2.24) is 15.5 Å². The van der Waals surface area contributed by atoms with Gasteiger partial charge in [0.25, 0.3) is 0 Å². The Morgan fingerprint density at radius 1 is 1.25 bits per heavy atom. The molecule has 0 saturated heterocycles. The largest absolute Gasteiger partial charge is 0.494 e. The lowest BCUT2D eigenvalue weighted by atomic mass is 9.84. The summed E-state index contributed by atoms with van der Waals surface area (Å²) in [6.45, 7) is 6.00. The molecule has 0 spiro atoms. The molecular formula is C21H35IN4O2. The van der Waals surface area contributed by atoms with Crippen molar-refractivity contribution in [3.8, 4) is 5.75 Å². The molecule has 1 aliphatic rings. The standard InChI is InChI=1S/C21H34N4O2.HI/c1-6-27-18-10-9-17(13-16(18)2)14-23-20(22-3)24-15-21(11-7-8-12-21)19(26)25(4)5;/h9-10,13H,6-8,11-12,14-15H2,1-5H3,(H2,22,23,24);1H. The third kappa shape index (κ3) is 6.25. The van der Waals surface area contributed by atoms with Crippen LogP contribution in [0.5, 0.6) is 5.75 Å². The Bertz CT molecular complexity index is 670. The maximum atomic E-state index is 12.7. The summed E-state index contributed by atoms with van der Waals surface area (Å²) in [6.07, 6.45) is 4.09. The number of ether oxygens (including phenoxy) is 1. The Balaban J connectivity index is 0.00000392. The van der Waals surface area contributed by atoms with E-state index in [2.05, 4.69) is 34.7 Å². The number of carbonyl (C=O) groups excluding carboxylic acids is 1. The summed E-state index contributed by atoms with van der Waals surface area (Å²) in [7, 11) is 5.43. The lowest BCUT2D eigenvalue weighted by molar-refractivity contribution is -0.138. The molecule has 158 valence electrons. The molecule has 0 heterocycles. The van der Waals surface area contributed by atoms with Gasteiger partial charge in [-0.25, -0.2) is 0 Å². The minimum Gasteiger partial charge on any atom is -0.494 e. The predicted octanol–water partition coefficient (Wildman–Crippen LogP) is 3.33. The average Bonchev–Trinajstić information content (AvgIpc) is 3.13. The second-order valence-electron chi connectivity index (χ2n) is 7.50. The first-order valence-electron chi connectivity index (χ1n) is 9.80. The second kappa shape index (κ2) is 11.5. The predicted molar refractivity (Wildman–Crippen MR) is 126 cm³/mol. The highest BCUT2D eigenvalue weighted by atomic mass is 127. The van der Waals surface area contributed by atoms with Crippen LogP contribution in [0.4, 0.5) is 0 Å².